The van der Waals surface area contributed by atoms with E-state index in [1.165, 1.54) is 0 Å². The van der Waals surface area contributed by atoms with E-state index in [2.05, 4.69) is 11.1 Å². The third kappa shape index (κ3) is 2.07. The molecule has 1 fully saturated rings. The van der Waals surface area contributed by atoms with Gasteiger partial charge in [0.25, 0.3) is 0 Å². The Morgan fingerprint density at radius 2 is 2.47 bits per heavy atom. The Labute approximate surface area is 99.3 Å². The van der Waals surface area contributed by atoms with E-state index in [4.69, 9.17) is 10.4 Å². The van der Waals surface area contributed by atoms with Gasteiger partial charge in [0.1, 0.15) is 5.82 Å². The number of anilines is 1. The van der Waals surface area contributed by atoms with Crippen molar-refractivity contribution in [3.05, 3.63) is 23.9 Å². The molecule has 0 saturated carbocycles. The van der Waals surface area contributed by atoms with E-state index in [1.54, 1.807) is 18.3 Å². The molecule has 1 aromatic heterocycles. The fourth-order valence-electron chi connectivity index (χ4n) is 2.24. The van der Waals surface area contributed by atoms with Crippen molar-refractivity contribution < 1.29 is 9.90 Å². The number of carbonyl (C=O) groups is 1. The van der Waals surface area contributed by atoms with Gasteiger partial charge in [-0.05, 0) is 25.5 Å². The summed E-state index contributed by atoms with van der Waals surface area (Å²) in [6, 6.07) is 5.30. The highest BCUT2D eigenvalue weighted by Gasteiger charge is 2.36. The molecule has 1 aliphatic heterocycles. The molecule has 1 aliphatic rings. The van der Waals surface area contributed by atoms with E-state index in [1.807, 2.05) is 11.8 Å². The standard InChI is InChI=1S/C12H13N3O2/c1-8-10(12(16)17)3-5-15(8)11-6-9(7-13)2-4-14-11/h2,4,6,8,10H,3,5H2,1H3,(H,16,17). The van der Waals surface area contributed by atoms with Gasteiger partial charge in [0.15, 0.2) is 0 Å². The maximum absolute atomic E-state index is 11.0. The fourth-order valence-corrected chi connectivity index (χ4v) is 2.24. The maximum Gasteiger partial charge on any atom is 0.308 e. The Morgan fingerprint density at radius 1 is 1.71 bits per heavy atom. The minimum Gasteiger partial charge on any atom is -0.481 e. The average Bonchev–Trinajstić information content (AvgIpc) is 2.71. The fraction of sp³-hybridized carbons (Fsp3) is 0.417. The minimum atomic E-state index is -0.767. The number of carboxylic acid groups (broad SMARTS) is 1. The second-order valence-corrected chi connectivity index (χ2v) is 4.18. The van der Waals surface area contributed by atoms with Crippen molar-refractivity contribution in [1.29, 1.82) is 5.26 Å². The van der Waals surface area contributed by atoms with Gasteiger partial charge in [-0.2, -0.15) is 5.26 Å². The van der Waals surface area contributed by atoms with Crippen molar-refractivity contribution in [3.63, 3.8) is 0 Å². The number of rotatable bonds is 2. The Bertz CT molecular complexity index is 481. The van der Waals surface area contributed by atoms with E-state index in [-0.39, 0.29) is 12.0 Å². The number of nitrogens with zero attached hydrogens (tertiary/aromatic N) is 3. The molecule has 5 nitrogen and oxygen atoms in total. The van der Waals surface area contributed by atoms with Gasteiger partial charge in [0.05, 0.1) is 17.6 Å². The number of aliphatic carboxylic acids is 1. The van der Waals surface area contributed by atoms with Gasteiger partial charge in [-0.15, -0.1) is 0 Å². The summed E-state index contributed by atoms with van der Waals surface area (Å²) in [6.45, 7) is 2.55. The molecule has 1 aromatic rings. The zero-order valence-corrected chi connectivity index (χ0v) is 9.50. The van der Waals surface area contributed by atoms with E-state index < -0.39 is 5.97 Å². The quantitative estimate of drug-likeness (QED) is 0.828. The zero-order chi connectivity index (χ0) is 12.4. The summed E-state index contributed by atoms with van der Waals surface area (Å²) in [5.41, 5.74) is 0.543. The Hall–Kier alpha value is -2.09. The summed E-state index contributed by atoms with van der Waals surface area (Å²) in [7, 11) is 0. The number of pyridine rings is 1. The number of aromatic nitrogens is 1. The number of hydrogen-bond acceptors (Lipinski definition) is 4. The van der Waals surface area contributed by atoms with Crippen LogP contribution in [0.4, 0.5) is 5.82 Å². The van der Waals surface area contributed by atoms with Crippen molar-refractivity contribution in [1.82, 2.24) is 4.98 Å². The molecule has 2 rings (SSSR count). The molecule has 0 aromatic carbocycles. The minimum absolute atomic E-state index is 0.0889. The first-order valence-electron chi connectivity index (χ1n) is 5.49. The Balaban J connectivity index is 2.24. The van der Waals surface area contributed by atoms with Gasteiger partial charge in [0, 0.05) is 18.8 Å². The van der Waals surface area contributed by atoms with Crippen LogP contribution in [0.3, 0.4) is 0 Å². The highest BCUT2D eigenvalue weighted by molar-refractivity contribution is 5.72. The monoisotopic (exact) mass is 231 g/mol. The maximum atomic E-state index is 11.0. The van der Waals surface area contributed by atoms with Crippen LogP contribution in [0, 0.1) is 17.2 Å². The zero-order valence-electron chi connectivity index (χ0n) is 9.50. The van der Waals surface area contributed by atoms with Crippen LogP contribution in [-0.2, 0) is 4.79 Å². The van der Waals surface area contributed by atoms with E-state index in [9.17, 15) is 4.79 Å². The molecule has 1 N–H and O–H groups in total. The molecule has 0 aliphatic carbocycles. The Kier molecular flexibility index (Phi) is 2.96. The largest absolute Gasteiger partial charge is 0.481 e. The van der Waals surface area contributed by atoms with Gasteiger partial charge in [-0.1, -0.05) is 0 Å². The lowest BCUT2D eigenvalue weighted by atomic mass is 10.0. The summed E-state index contributed by atoms with van der Waals surface area (Å²) < 4.78 is 0. The average molecular weight is 231 g/mol. The first-order valence-corrected chi connectivity index (χ1v) is 5.49. The molecule has 5 heteroatoms. The molecule has 0 amide bonds. The van der Waals surface area contributed by atoms with Gasteiger partial charge in [-0.25, -0.2) is 4.98 Å². The lowest BCUT2D eigenvalue weighted by Gasteiger charge is -2.24. The van der Waals surface area contributed by atoms with Gasteiger partial charge < -0.3 is 10.0 Å². The molecule has 0 spiro atoms. The third-order valence-corrected chi connectivity index (χ3v) is 3.24. The molecular weight excluding hydrogens is 218 g/mol. The SMILES string of the molecule is CC1C(C(=O)O)CCN1c1cc(C#N)ccn1. The van der Waals surface area contributed by atoms with Crippen LogP contribution in [0.25, 0.3) is 0 Å². The predicted octanol–water partition coefficient (Wildman–Crippen LogP) is 1.25. The summed E-state index contributed by atoms with van der Waals surface area (Å²) >= 11 is 0. The van der Waals surface area contributed by atoms with Crippen molar-refractivity contribution >= 4 is 11.8 Å². The molecule has 17 heavy (non-hydrogen) atoms. The normalized spacial score (nSPS) is 23.4. The molecule has 0 bridgehead atoms. The number of carboxylic acids is 1. The second kappa shape index (κ2) is 4.42. The van der Waals surface area contributed by atoms with E-state index in [0.717, 1.165) is 0 Å². The highest BCUT2D eigenvalue weighted by Crippen LogP contribution is 2.28. The summed E-state index contributed by atoms with van der Waals surface area (Å²) in [5, 5.41) is 17.9. The number of hydrogen-bond donors (Lipinski definition) is 1. The highest BCUT2D eigenvalue weighted by atomic mass is 16.4. The van der Waals surface area contributed by atoms with E-state index >= 15 is 0 Å². The first-order chi connectivity index (χ1) is 8.13. The van der Waals surface area contributed by atoms with Crippen molar-refractivity contribution in [2.24, 2.45) is 5.92 Å². The Morgan fingerprint density at radius 3 is 3.06 bits per heavy atom. The summed E-state index contributed by atoms with van der Waals surface area (Å²) in [4.78, 5) is 17.2. The van der Waals surface area contributed by atoms with Crippen molar-refractivity contribution in [2.45, 2.75) is 19.4 Å². The van der Waals surface area contributed by atoms with Crippen molar-refractivity contribution in [3.8, 4) is 6.07 Å². The predicted molar refractivity (Wildman–Crippen MR) is 61.5 cm³/mol. The smallest absolute Gasteiger partial charge is 0.308 e. The van der Waals surface area contributed by atoms with Crippen LogP contribution < -0.4 is 4.90 Å². The van der Waals surface area contributed by atoms with Gasteiger partial charge in [0.2, 0.25) is 0 Å². The second-order valence-electron chi connectivity index (χ2n) is 4.18. The molecule has 88 valence electrons. The van der Waals surface area contributed by atoms with Crippen LogP contribution >= 0.6 is 0 Å². The summed E-state index contributed by atoms with van der Waals surface area (Å²) in [5.74, 6) is -0.445. The molecule has 2 unspecified atom stereocenters. The van der Waals surface area contributed by atoms with Gasteiger partial charge >= 0.3 is 5.97 Å². The number of nitriles is 1. The topological polar surface area (TPSA) is 77.2 Å². The first kappa shape index (κ1) is 11.4. The molecule has 0 radical (unpaired) electrons. The van der Waals surface area contributed by atoms with Crippen LogP contribution in [0.1, 0.15) is 18.9 Å². The molecule has 2 atom stereocenters. The lowest BCUT2D eigenvalue weighted by molar-refractivity contribution is -0.141. The van der Waals surface area contributed by atoms with Crippen molar-refractivity contribution in [2.75, 3.05) is 11.4 Å². The van der Waals surface area contributed by atoms with Gasteiger partial charge in [-0.3, -0.25) is 4.79 Å². The van der Waals surface area contributed by atoms with Crippen LogP contribution in [0.2, 0.25) is 0 Å². The van der Waals surface area contributed by atoms with Crippen LogP contribution in [0.5, 0.6) is 0 Å². The van der Waals surface area contributed by atoms with E-state index in [0.29, 0.717) is 24.3 Å². The molecule has 2 heterocycles. The third-order valence-electron chi connectivity index (χ3n) is 3.24. The summed E-state index contributed by atoms with van der Waals surface area (Å²) in [6.07, 6.45) is 2.20. The lowest BCUT2D eigenvalue weighted by Crippen LogP contribution is -2.33. The van der Waals surface area contributed by atoms with Crippen LogP contribution in [0.15, 0.2) is 18.3 Å². The van der Waals surface area contributed by atoms with Crippen LogP contribution in [-0.4, -0.2) is 28.6 Å². The molecular formula is C12H13N3O2. The molecule has 1 saturated heterocycles.